The molecule has 1 aromatic carbocycles. The summed E-state index contributed by atoms with van der Waals surface area (Å²) >= 11 is 0. The third-order valence-corrected chi connectivity index (χ3v) is 5.48. The number of carbonyl (C=O) groups excluding carboxylic acids is 1. The summed E-state index contributed by atoms with van der Waals surface area (Å²) < 4.78 is 29.0. The van der Waals surface area contributed by atoms with Gasteiger partial charge in [0.2, 0.25) is 0 Å². The Kier molecular flexibility index (Phi) is 3.88. The molecule has 0 radical (unpaired) electrons. The molecule has 0 spiro atoms. The highest BCUT2D eigenvalue weighted by Crippen LogP contribution is 2.62. The van der Waals surface area contributed by atoms with Gasteiger partial charge in [-0.05, 0) is 12.5 Å². The van der Waals surface area contributed by atoms with Crippen molar-refractivity contribution in [1.29, 1.82) is 0 Å². The molecule has 110 valence electrons. The smallest absolute Gasteiger partial charge is 0.315 e. The number of carbonyl (C=O) groups is 1. The minimum absolute atomic E-state index is 0.0386. The normalized spacial score (nSPS) is 28.9. The van der Waals surface area contributed by atoms with E-state index in [0.29, 0.717) is 0 Å². The van der Waals surface area contributed by atoms with Gasteiger partial charge in [-0.15, -0.1) is 0 Å². The number of benzene rings is 1. The van der Waals surface area contributed by atoms with Crippen LogP contribution in [0.4, 0.5) is 0 Å². The van der Waals surface area contributed by atoms with Crippen LogP contribution >= 0.6 is 0 Å². The van der Waals surface area contributed by atoms with E-state index < -0.39 is 32.4 Å². The molecule has 0 aromatic heterocycles. The Morgan fingerprint density at radius 1 is 1.35 bits per heavy atom. The Morgan fingerprint density at radius 3 is 2.40 bits per heavy atom. The first-order valence-electron chi connectivity index (χ1n) is 6.50. The Morgan fingerprint density at radius 2 is 1.95 bits per heavy atom. The predicted octanol–water partition coefficient (Wildman–Crippen LogP) is 0.705. The third kappa shape index (κ3) is 2.23. The lowest BCUT2D eigenvalue weighted by Gasteiger charge is -2.14. The van der Waals surface area contributed by atoms with E-state index in [0.717, 1.165) is 11.8 Å². The predicted molar refractivity (Wildman–Crippen MR) is 75.9 cm³/mol. The number of nitrogens with two attached hydrogens (primary N) is 1. The van der Waals surface area contributed by atoms with Crippen LogP contribution < -0.4 is 5.73 Å². The molecule has 0 unspecified atom stereocenters. The third-order valence-electron chi connectivity index (χ3n) is 3.87. The topological polar surface area (TPSA) is 86.5 Å². The van der Waals surface area contributed by atoms with E-state index in [9.17, 15) is 13.2 Å². The number of esters is 1. The fraction of sp³-hybridized carbons (Fsp3) is 0.500. The van der Waals surface area contributed by atoms with Gasteiger partial charge in [0.1, 0.15) is 5.41 Å². The first-order chi connectivity index (χ1) is 9.39. The Balaban J connectivity index is 2.47. The molecule has 1 saturated carbocycles. The van der Waals surface area contributed by atoms with Gasteiger partial charge in [0.15, 0.2) is 9.84 Å². The molecule has 1 aromatic rings. The SMILES string of the molecule is CCOC(=O)[C@]1(CN)[C@H](c2ccccc2)[C@@H]1S(C)(=O)=O. The van der Waals surface area contributed by atoms with Crippen molar-refractivity contribution in [1.82, 2.24) is 0 Å². The lowest BCUT2D eigenvalue weighted by Crippen LogP contribution is -2.33. The van der Waals surface area contributed by atoms with Crippen LogP contribution in [-0.4, -0.2) is 39.0 Å². The van der Waals surface area contributed by atoms with Crippen molar-refractivity contribution in [3.63, 3.8) is 0 Å². The van der Waals surface area contributed by atoms with Gasteiger partial charge in [-0.25, -0.2) is 8.42 Å². The van der Waals surface area contributed by atoms with E-state index >= 15 is 0 Å². The molecule has 2 N–H and O–H groups in total. The average Bonchev–Trinajstić information content (AvgIpc) is 3.11. The molecule has 6 heteroatoms. The van der Waals surface area contributed by atoms with E-state index in [1.165, 1.54) is 0 Å². The summed E-state index contributed by atoms with van der Waals surface area (Å²) in [6, 6.07) is 9.12. The van der Waals surface area contributed by atoms with E-state index in [4.69, 9.17) is 10.5 Å². The second-order valence-corrected chi connectivity index (χ2v) is 7.27. The molecular formula is C14H19NO4S. The average molecular weight is 297 g/mol. The zero-order chi connectivity index (χ0) is 15.0. The number of sulfone groups is 1. The minimum Gasteiger partial charge on any atom is -0.465 e. The number of hydrogen-bond donors (Lipinski definition) is 1. The summed E-state index contributed by atoms with van der Waals surface area (Å²) in [7, 11) is -3.39. The molecule has 2 rings (SSSR count). The van der Waals surface area contributed by atoms with Crippen molar-refractivity contribution in [3.05, 3.63) is 35.9 Å². The number of rotatable bonds is 5. The van der Waals surface area contributed by atoms with E-state index in [1.54, 1.807) is 6.92 Å². The Bertz CT molecular complexity index is 599. The highest BCUT2D eigenvalue weighted by atomic mass is 32.2. The van der Waals surface area contributed by atoms with Gasteiger partial charge in [-0.1, -0.05) is 30.3 Å². The second-order valence-electron chi connectivity index (χ2n) is 5.10. The fourth-order valence-electron chi connectivity index (χ4n) is 3.00. The second kappa shape index (κ2) is 5.18. The summed E-state index contributed by atoms with van der Waals surface area (Å²) in [4.78, 5) is 12.2. The van der Waals surface area contributed by atoms with Gasteiger partial charge in [0.25, 0.3) is 0 Å². The summed E-state index contributed by atoms with van der Waals surface area (Å²) in [5.41, 5.74) is 5.41. The summed E-state index contributed by atoms with van der Waals surface area (Å²) in [5.74, 6) is -0.950. The standard InChI is InChI=1S/C14H19NO4S/c1-3-19-13(16)14(9-15)11(12(14)20(2,17)18)10-7-5-4-6-8-10/h4-8,11-12H,3,9,15H2,1-2H3/t11-,12+,14-/m1/s1. The van der Waals surface area contributed by atoms with Gasteiger partial charge in [0.05, 0.1) is 11.9 Å². The largest absolute Gasteiger partial charge is 0.465 e. The fourth-order valence-corrected chi connectivity index (χ4v) is 4.92. The molecule has 1 aliphatic rings. The van der Waals surface area contributed by atoms with E-state index in [2.05, 4.69) is 0 Å². The van der Waals surface area contributed by atoms with Crippen molar-refractivity contribution in [2.45, 2.75) is 18.1 Å². The van der Waals surface area contributed by atoms with Crippen LogP contribution in [0.1, 0.15) is 18.4 Å². The summed E-state index contributed by atoms with van der Waals surface area (Å²) in [6.07, 6.45) is 1.14. The van der Waals surface area contributed by atoms with Crippen LogP contribution in [0.15, 0.2) is 30.3 Å². The molecule has 3 atom stereocenters. The zero-order valence-electron chi connectivity index (χ0n) is 11.6. The number of hydrogen-bond acceptors (Lipinski definition) is 5. The minimum atomic E-state index is -3.39. The van der Waals surface area contributed by atoms with Crippen molar-refractivity contribution in [2.75, 3.05) is 19.4 Å². The monoisotopic (exact) mass is 297 g/mol. The van der Waals surface area contributed by atoms with Gasteiger partial charge in [0, 0.05) is 18.7 Å². The molecular weight excluding hydrogens is 278 g/mol. The van der Waals surface area contributed by atoms with Crippen molar-refractivity contribution in [2.24, 2.45) is 11.1 Å². The lowest BCUT2D eigenvalue weighted by atomic mass is 9.99. The lowest BCUT2D eigenvalue weighted by molar-refractivity contribution is -0.149. The first-order valence-corrected chi connectivity index (χ1v) is 8.46. The molecule has 0 aliphatic heterocycles. The highest BCUT2D eigenvalue weighted by molar-refractivity contribution is 7.91. The molecule has 20 heavy (non-hydrogen) atoms. The summed E-state index contributed by atoms with van der Waals surface area (Å²) in [6.45, 7) is 1.86. The first kappa shape index (κ1) is 15.0. The van der Waals surface area contributed by atoms with Crippen molar-refractivity contribution in [3.8, 4) is 0 Å². The van der Waals surface area contributed by atoms with Crippen LogP contribution in [0.3, 0.4) is 0 Å². The van der Waals surface area contributed by atoms with Crippen molar-refractivity contribution < 1.29 is 17.9 Å². The van der Waals surface area contributed by atoms with Crippen LogP contribution in [0.5, 0.6) is 0 Å². The molecule has 0 bridgehead atoms. The molecule has 5 nitrogen and oxygen atoms in total. The molecule has 0 saturated heterocycles. The summed E-state index contributed by atoms with van der Waals surface area (Å²) in [5, 5.41) is -0.804. The van der Waals surface area contributed by atoms with Crippen LogP contribution in [0.25, 0.3) is 0 Å². The quantitative estimate of drug-likeness (QED) is 0.809. The molecule has 0 heterocycles. The molecule has 1 fully saturated rings. The Labute approximate surface area is 119 Å². The molecule has 1 aliphatic carbocycles. The Hall–Kier alpha value is -1.40. The van der Waals surface area contributed by atoms with E-state index in [1.807, 2.05) is 30.3 Å². The zero-order valence-corrected chi connectivity index (χ0v) is 12.4. The number of ether oxygens (including phenoxy) is 1. The highest BCUT2D eigenvalue weighted by Gasteiger charge is 2.74. The van der Waals surface area contributed by atoms with Crippen LogP contribution in [-0.2, 0) is 19.4 Å². The maximum atomic E-state index is 12.2. The van der Waals surface area contributed by atoms with Crippen LogP contribution in [0, 0.1) is 5.41 Å². The van der Waals surface area contributed by atoms with Crippen molar-refractivity contribution >= 4 is 15.8 Å². The maximum Gasteiger partial charge on any atom is 0.315 e. The maximum absolute atomic E-state index is 12.2. The van der Waals surface area contributed by atoms with Crippen LogP contribution in [0.2, 0.25) is 0 Å². The molecule has 0 amide bonds. The van der Waals surface area contributed by atoms with E-state index in [-0.39, 0.29) is 13.2 Å². The van der Waals surface area contributed by atoms with Gasteiger partial charge < -0.3 is 10.5 Å². The van der Waals surface area contributed by atoms with Gasteiger partial charge >= 0.3 is 5.97 Å². The van der Waals surface area contributed by atoms with Gasteiger partial charge in [-0.2, -0.15) is 0 Å². The van der Waals surface area contributed by atoms with Gasteiger partial charge in [-0.3, -0.25) is 4.79 Å².